The lowest BCUT2D eigenvalue weighted by Crippen LogP contribution is -2.50. The van der Waals surface area contributed by atoms with Gasteiger partial charge in [-0.25, -0.2) is 0 Å². The van der Waals surface area contributed by atoms with E-state index in [4.69, 9.17) is 4.74 Å². The topological polar surface area (TPSA) is 58.6 Å². The van der Waals surface area contributed by atoms with Crippen LogP contribution in [0.5, 0.6) is 5.75 Å². The highest BCUT2D eigenvalue weighted by molar-refractivity contribution is 6.03. The lowest BCUT2D eigenvalue weighted by Gasteiger charge is -2.32. The first kappa shape index (κ1) is 15.4. The Bertz CT molecular complexity index is 526. The predicted molar refractivity (Wildman–Crippen MR) is 81.4 cm³/mol. The Balaban J connectivity index is 2.15. The maximum Gasteiger partial charge on any atom is 0.268 e. The Morgan fingerprint density at radius 2 is 2.00 bits per heavy atom. The summed E-state index contributed by atoms with van der Waals surface area (Å²) < 4.78 is 5.56. The van der Waals surface area contributed by atoms with E-state index in [2.05, 4.69) is 5.32 Å². The molecule has 0 spiro atoms. The van der Waals surface area contributed by atoms with E-state index >= 15 is 0 Å². The van der Waals surface area contributed by atoms with Crippen molar-refractivity contribution in [1.29, 1.82) is 0 Å². The molecule has 1 N–H and O–H groups in total. The summed E-state index contributed by atoms with van der Waals surface area (Å²) in [6, 6.07) is 7.44. The van der Waals surface area contributed by atoms with E-state index in [9.17, 15) is 9.59 Å². The molecular formula is C16H22N2O3. The van der Waals surface area contributed by atoms with E-state index in [1.165, 1.54) is 4.90 Å². The van der Waals surface area contributed by atoms with Crippen LogP contribution in [0.25, 0.3) is 0 Å². The number of hydrogen-bond donors (Lipinski definition) is 1. The van der Waals surface area contributed by atoms with Crippen molar-refractivity contribution in [3.8, 4) is 5.75 Å². The van der Waals surface area contributed by atoms with Crippen LogP contribution in [0.1, 0.15) is 33.6 Å². The molecule has 1 atom stereocenters. The number of hydrogen-bond acceptors (Lipinski definition) is 3. The lowest BCUT2D eigenvalue weighted by molar-refractivity contribution is -0.128. The normalized spacial score (nSPS) is 17.4. The van der Waals surface area contributed by atoms with Crippen LogP contribution in [0.4, 0.5) is 5.69 Å². The van der Waals surface area contributed by atoms with Crippen molar-refractivity contribution < 1.29 is 14.3 Å². The smallest absolute Gasteiger partial charge is 0.268 e. The fourth-order valence-corrected chi connectivity index (χ4v) is 2.43. The number of nitrogens with one attached hydrogen (secondary N) is 1. The largest absolute Gasteiger partial charge is 0.479 e. The molecule has 2 amide bonds. The molecule has 114 valence electrons. The van der Waals surface area contributed by atoms with Crippen LogP contribution in [-0.2, 0) is 9.59 Å². The summed E-state index contributed by atoms with van der Waals surface area (Å²) in [4.78, 5) is 25.9. The van der Waals surface area contributed by atoms with Crippen LogP contribution in [0.15, 0.2) is 24.3 Å². The number of rotatable bonds is 5. The number of nitrogens with zero attached hydrogens (tertiary/aromatic N) is 1. The van der Waals surface area contributed by atoms with Crippen molar-refractivity contribution >= 4 is 17.5 Å². The zero-order valence-electron chi connectivity index (χ0n) is 12.8. The van der Waals surface area contributed by atoms with Crippen LogP contribution < -0.4 is 15.0 Å². The minimum Gasteiger partial charge on any atom is -0.479 e. The first-order valence-electron chi connectivity index (χ1n) is 7.43. The van der Waals surface area contributed by atoms with Crippen molar-refractivity contribution in [3.63, 3.8) is 0 Å². The van der Waals surface area contributed by atoms with Crippen molar-refractivity contribution in [2.75, 3.05) is 11.4 Å². The highest BCUT2D eigenvalue weighted by Gasteiger charge is 2.32. The second kappa shape index (κ2) is 6.61. The number of anilines is 1. The van der Waals surface area contributed by atoms with Crippen molar-refractivity contribution in [3.05, 3.63) is 24.3 Å². The van der Waals surface area contributed by atoms with Gasteiger partial charge in [0.25, 0.3) is 5.91 Å². The molecular weight excluding hydrogens is 268 g/mol. The molecule has 2 rings (SSSR count). The molecule has 0 fully saturated rings. The summed E-state index contributed by atoms with van der Waals surface area (Å²) in [5.41, 5.74) is 0.653. The highest BCUT2D eigenvalue weighted by atomic mass is 16.5. The third kappa shape index (κ3) is 3.35. The predicted octanol–water partition coefficient (Wildman–Crippen LogP) is 2.11. The Kier molecular flexibility index (Phi) is 4.83. The average molecular weight is 290 g/mol. The quantitative estimate of drug-likeness (QED) is 0.903. The van der Waals surface area contributed by atoms with Crippen molar-refractivity contribution in [1.82, 2.24) is 5.32 Å². The molecule has 21 heavy (non-hydrogen) atoms. The minimum absolute atomic E-state index is 0.0278. The number of ether oxygens (including phenoxy) is 1. The molecule has 5 nitrogen and oxygen atoms in total. The van der Waals surface area contributed by atoms with E-state index in [0.717, 1.165) is 12.8 Å². The Morgan fingerprint density at radius 3 is 2.67 bits per heavy atom. The summed E-state index contributed by atoms with van der Waals surface area (Å²) in [6.07, 6.45) is 1.19. The monoisotopic (exact) mass is 290 g/mol. The summed E-state index contributed by atoms with van der Waals surface area (Å²) in [7, 11) is 0. The Labute approximate surface area is 125 Å². The van der Waals surface area contributed by atoms with Crippen LogP contribution in [0.2, 0.25) is 0 Å². The number of fused-ring (bicyclic) bond motifs is 1. The number of carbonyl (C=O) groups is 2. The summed E-state index contributed by atoms with van der Waals surface area (Å²) in [5.74, 6) is 0.314. The number of amides is 2. The fraction of sp³-hybridized carbons (Fsp3) is 0.500. The van der Waals surface area contributed by atoms with E-state index in [1.54, 1.807) is 13.0 Å². The molecule has 1 heterocycles. The van der Waals surface area contributed by atoms with Gasteiger partial charge in [0.2, 0.25) is 5.91 Å². The summed E-state index contributed by atoms with van der Waals surface area (Å²) in [5, 5.41) is 2.96. The van der Waals surface area contributed by atoms with Crippen molar-refractivity contribution in [2.45, 2.75) is 45.8 Å². The van der Waals surface area contributed by atoms with E-state index in [1.807, 2.05) is 32.0 Å². The average Bonchev–Trinajstić information content (AvgIpc) is 2.49. The molecule has 0 saturated heterocycles. The number of para-hydroxylation sites is 2. The third-order valence-electron chi connectivity index (χ3n) is 3.73. The van der Waals surface area contributed by atoms with Gasteiger partial charge in [0.1, 0.15) is 12.3 Å². The van der Waals surface area contributed by atoms with Crippen LogP contribution >= 0.6 is 0 Å². The molecule has 0 aromatic heterocycles. The van der Waals surface area contributed by atoms with E-state index < -0.39 is 6.10 Å². The molecule has 0 saturated carbocycles. The molecule has 1 aliphatic rings. The lowest BCUT2D eigenvalue weighted by atomic mass is 10.1. The molecule has 0 aliphatic carbocycles. The van der Waals surface area contributed by atoms with Gasteiger partial charge in [0.15, 0.2) is 6.10 Å². The zero-order chi connectivity index (χ0) is 15.4. The fourth-order valence-electron chi connectivity index (χ4n) is 2.43. The first-order valence-corrected chi connectivity index (χ1v) is 7.43. The summed E-state index contributed by atoms with van der Waals surface area (Å²) in [6.45, 7) is 5.79. The van der Waals surface area contributed by atoms with Gasteiger partial charge in [-0.3, -0.25) is 14.5 Å². The van der Waals surface area contributed by atoms with E-state index in [0.29, 0.717) is 11.4 Å². The van der Waals surface area contributed by atoms with Crippen molar-refractivity contribution in [2.24, 2.45) is 0 Å². The second-order valence-corrected chi connectivity index (χ2v) is 5.23. The van der Waals surface area contributed by atoms with Gasteiger partial charge in [-0.05, 0) is 31.9 Å². The van der Waals surface area contributed by atoms with Crippen LogP contribution in [0, 0.1) is 0 Å². The van der Waals surface area contributed by atoms with Gasteiger partial charge in [0.05, 0.1) is 5.69 Å². The first-order chi connectivity index (χ1) is 10.1. The number of benzene rings is 1. The zero-order valence-corrected chi connectivity index (χ0v) is 12.8. The SMILES string of the molecule is CCC(CC)NC(=O)CN1C(=O)C(C)Oc2ccccc21. The molecule has 1 unspecified atom stereocenters. The van der Waals surface area contributed by atoms with E-state index in [-0.39, 0.29) is 24.4 Å². The summed E-state index contributed by atoms with van der Waals surface area (Å²) >= 11 is 0. The van der Waals surface area contributed by atoms with Crippen LogP contribution in [-0.4, -0.2) is 30.5 Å². The van der Waals surface area contributed by atoms with Gasteiger partial charge < -0.3 is 10.1 Å². The standard InChI is InChI=1S/C16H22N2O3/c1-4-12(5-2)17-15(19)10-18-13-8-6-7-9-14(13)21-11(3)16(18)20/h6-9,11-12H,4-5,10H2,1-3H3,(H,17,19). The maximum absolute atomic E-state index is 12.3. The maximum atomic E-state index is 12.3. The van der Waals surface area contributed by atoms with Gasteiger partial charge in [-0.1, -0.05) is 26.0 Å². The minimum atomic E-state index is -0.569. The Morgan fingerprint density at radius 1 is 1.33 bits per heavy atom. The molecule has 0 radical (unpaired) electrons. The molecule has 1 aromatic carbocycles. The molecule has 1 aliphatic heterocycles. The second-order valence-electron chi connectivity index (χ2n) is 5.23. The Hall–Kier alpha value is -2.04. The van der Waals surface area contributed by atoms with Gasteiger partial charge in [0, 0.05) is 6.04 Å². The number of carbonyl (C=O) groups excluding carboxylic acids is 2. The highest BCUT2D eigenvalue weighted by Crippen LogP contribution is 2.33. The molecule has 5 heteroatoms. The third-order valence-corrected chi connectivity index (χ3v) is 3.73. The van der Waals surface area contributed by atoms with Gasteiger partial charge in [-0.15, -0.1) is 0 Å². The van der Waals surface area contributed by atoms with Gasteiger partial charge in [-0.2, -0.15) is 0 Å². The van der Waals surface area contributed by atoms with Crippen LogP contribution in [0.3, 0.4) is 0 Å². The molecule has 0 bridgehead atoms. The van der Waals surface area contributed by atoms with Gasteiger partial charge >= 0.3 is 0 Å². The molecule has 1 aromatic rings.